The Morgan fingerprint density at radius 2 is 1.75 bits per heavy atom. The summed E-state index contributed by atoms with van der Waals surface area (Å²) >= 11 is 0. The average Bonchev–Trinajstić information content (AvgIpc) is 2.05. The lowest BCUT2D eigenvalue weighted by molar-refractivity contribution is 0.142. The summed E-state index contributed by atoms with van der Waals surface area (Å²) in [7, 11) is 4.29. The molecule has 1 fully saturated rings. The van der Waals surface area contributed by atoms with E-state index in [1.807, 2.05) is 0 Å². The van der Waals surface area contributed by atoms with Crippen molar-refractivity contribution in [2.75, 3.05) is 27.2 Å². The molecule has 0 aromatic heterocycles. The van der Waals surface area contributed by atoms with Crippen LogP contribution in [-0.2, 0) is 0 Å². The topological polar surface area (TPSA) is 29.3 Å². The Balaban J connectivity index is 2.48. The quantitative estimate of drug-likeness (QED) is 0.695. The summed E-state index contributed by atoms with van der Waals surface area (Å²) in [4.78, 5) is 2.28. The van der Waals surface area contributed by atoms with Gasteiger partial charge in [0.1, 0.15) is 0 Å². The highest BCUT2D eigenvalue weighted by atomic mass is 15.1. The van der Waals surface area contributed by atoms with E-state index < -0.39 is 0 Å². The van der Waals surface area contributed by atoms with Crippen LogP contribution in [0.5, 0.6) is 0 Å². The average molecular weight is 170 g/mol. The van der Waals surface area contributed by atoms with Crippen LogP contribution in [0, 0.1) is 5.41 Å². The zero-order chi connectivity index (χ0) is 9.03. The molecule has 2 heteroatoms. The van der Waals surface area contributed by atoms with Crippen LogP contribution in [0.4, 0.5) is 0 Å². The van der Waals surface area contributed by atoms with Gasteiger partial charge in [-0.3, -0.25) is 0 Å². The zero-order valence-electron chi connectivity index (χ0n) is 8.47. The van der Waals surface area contributed by atoms with Crippen molar-refractivity contribution < 1.29 is 0 Å². The highest BCUT2D eigenvalue weighted by Crippen LogP contribution is 2.35. The first kappa shape index (κ1) is 10.0. The SMILES string of the molecule is CN(C)CC1(CN)CCCCC1. The Morgan fingerprint density at radius 3 is 2.17 bits per heavy atom. The molecule has 72 valence electrons. The minimum atomic E-state index is 0.446. The maximum atomic E-state index is 5.86. The van der Waals surface area contributed by atoms with Crippen molar-refractivity contribution in [2.45, 2.75) is 32.1 Å². The van der Waals surface area contributed by atoms with E-state index in [2.05, 4.69) is 19.0 Å². The Hall–Kier alpha value is -0.0800. The first-order valence-electron chi connectivity index (χ1n) is 5.03. The molecule has 0 amide bonds. The van der Waals surface area contributed by atoms with Crippen molar-refractivity contribution in [3.8, 4) is 0 Å². The molecular formula is C10H22N2. The second-order valence-corrected chi connectivity index (χ2v) is 4.50. The van der Waals surface area contributed by atoms with Crippen LogP contribution in [0.1, 0.15) is 32.1 Å². The second-order valence-electron chi connectivity index (χ2n) is 4.50. The van der Waals surface area contributed by atoms with Gasteiger partial charge in [-0.1, -0.05) is 19.3 Å². The number of hydrogen-bond donors (Lipinski definition) is 1. The molecule has 0 saturated heterocycles. The number of hydrogen-bond acceptors (Lipinski definition) is 2. The van der Waals surface area contributed by atoms with Gasteiger partial charge in [0, 0.05) is 6.54 Å². The third-order valence-electron chi connectivity index (χ3n) is 3.00. The molecule has 1 rings (SSSR count). The summed E-state index contributed by atoms with van der Waals surface area (Å²) in [5, 5.41) is 0. The second kappa shape index (κ2) is 4.24. The maximum Gasteiger partial charge on any atom is 0.00440 e. The highest BCUT2D eigenvalue weighted by Gasteiger charge is 2.30. The summed E-state index contributed by atoms with van der Waals surface area (Å²) in [6.07, 6.45) is 6.84. The zero-order valence-corrected chi connectivity index (χ0v) is 8.47. The Morgan fingerprint density at radius 1 is 1.17 bits per heavy atom. The normalized spacial score (nSPS) is 23.0. The van der Waals surface area contributed by atoms with E-state index in [-0.39, 0.29) is 0 Å². The molecular weight excluding hydrogens is 148 g/mol. The smallest absolute Gasteiger partial charge is 0.00440 e. The van der Waals surface area contributed by atoms with E-state index in [0.29, 0.717) is 5.41 Å². The summed E-state index contributed by atoms with van der Waals surface area (Å²) < 4.78 is 0. The van der Waals surface area contributed by atoms with E-state index in [1.54, 1.807) is 0 Å². The molecule has 12 heavy (non-hydrogen) atoms. The summed E-state index contributed by atoms with van der Waals surface area (Å²) in [5.74, 6) is 0. The van der Waals surface area contributed by atoms with E-state index in [9.17, 15) is 0 Å². The molecule has 1 aliphatic carbocycles. The van der Waals surface area contributed by atoms with Gasteiger partial charge >= 0.3 is 0 Å². The van der Waals surface area contributed by atoms with Crippen molar-refractivity contribution in [2.24, 2.45) is 11.1 Å². The highest BCUT2D eigenvalue weighted by molar-refractivity contribution is 4.85. The van der Waals surface area contributed by atoms with Gasteiger partial charge < -0.3 is 10.6 Å². The molecule has 1 aliphatic rings. The lowest BCUT2D eigenvalue weighted by Gasteiger charge is -2.38. The van der Waals surface area contributed by atoms with Crippen LogP contribution in [0.25, 0.3) is 0 Å². The van der Waals surface area contributed by atoms with Gasteiger partial charge in [-0.25, -0.2) is 0 Å². The predicted octanol–water partition coefficient (Wildman–Crippen LogP) is 1.46. The van der Waals surface area contributed by atoms with Crippen LogP contribution in [0.15, 0.2) is 0 Å². The summed E-state index contributed by atoms with van der Waals surface area (Å²) in [6, 6.07) is 0. The molecule has 1 saturated carbocycles. The molecule has 0 bridgehead atoms. The van der Waals surface area contributed by atoms with Crippen molar-refractivity contribution >= 4 is 0 Å². The molecule has 2 nitrogen and oxygen atoms in total. The lowest BCUT2D eigenvalue weighted by atomic mass is 9.74. The molecule has 0 heterocycles. The van der Waals surface area contributed by atoms with E-state index in [1.165, 1.54) is 38.6 Å². The molecule has 0 aromatic carbocycles. The molecule has 0 aliphatic heterocycles. The molecule has 0 spiro atoms. The minimum Gasteiger partial charge on any atom is -0.330 e. The molecule has 0 aromatic rings. The third-order valence-corrected chi connectivity index (χ3v) is 3.00. The lowest BCUT2D eigenvalue weighted by Crippen LogP contribution is -2.41. The van der Waals surface area contributed by atoms with Crippen molar-refractivity contribution in [3.05, 3.63) is 0 Å². The number of nitrogens with zero attached hydrogens (tertiary/aromatic N) is 1. The molecule has 2 N–H and O–H groups in total. The van der Waals surface area contributed by atoms with Crippen LogP contribution < -0.4 is 5.73 Å². The largest absolute Gasteiger partial charge is 0.330 e. The Bertz CT molecular complexity index is 126. The van der Waals surface area contributed by atoms with Gasteiger partial charge in [-0.2, -0.15) is 0 Å². The van der Waals surface area contributed by atoms with E-state index >= 15 is 0 Å². The fourth-order valence-electron chi connectivity index (χ4n) is 2.40. The van der Waals surface area contributed by atoms with Gasteiger partial charge in [-0.05, 0) is 38.9 Å². The van der Waals surface area contributed by atoms with Crippen molar-refractivity contribution in [3.63, 3.8) is 0 Å². The number of rotatable bonds is 3. The Kier molecular flexibility index (Phi) is 3.53. The van der Waals surface area contributed by atoms with E-state index in [0.717, 1.165) is 6.54 Å². The van der Waals surface area contributed by atoms with Gasteiger partial charge in [0.25, 0.3) is 0 Å². The van der Waals surface area contributed by atoms with Gasteiger partial charge in [0.05, 0.1) is 0 Å². The standard InChI is InChI=1S/C10H22N2/c1-12(2)9-10(8-11)6-4-3-5-7-10/h3-9,11H2,1-2H3. The Labute approximate surface area is 76.1 Å². The fraction of sp³-hybridized carbons (Fsp3) is 1.00. The molecule has 0 unspecified atom stereocenters. The minimum absolute atomic E-state index is 0.446. The predicted molar refractivity (Wildman–Crippen MR) is 53.1 cm³/mol. The number of nitrogens with two attached hydrogens (primary N) is 1. The van der Waals surface area contributed by atoms with E-state index in [4.69, 9.17) is 5.73 Å². The fourth-order valence-corrected chi connectivity index (χ4v) is 2.40. The van der Waals surface area contributed by atoms with Crippen LogP contribution in [0.2, 0.25) is 0 Å². The van der Waals surface area contributed by atoms with Crippen molar-refractivity contribution in [1.82, 2.24) is 4.90 Å². The van der Waals surface area contributed by atoms with Gasteiger partial charge in [0.15, 0.2) is 0 Å². The van der Waals surface area contributed by atoms with Crippen molar-refractivity contribution in [1.29, 1.82) is 0 Å². The monoisotopic (exact) mass is 170 g/mol. The summed E-state index contributed by atoms with van der Waals surface area (Å²) in [5.41, 5.74) is 6.31. The first-order chi connectivity index (χ1) is 5.68. The van der Waals surface area contributed by atoms with Gasteiger partial charge in [0.2, 0.25) is 0 Å². The van der Waals surface area contributed by atoms with Gasteiger partial charge in [-0.15, -0.1) is 0 Å². The third kappa shape index (κ3) is 2.46. The van der Waals surface area contributed by atoms with Crippen LogP contribution in [-0.4, -0.2) is 32.1 Å². The van der Waals surface area contributed by atoms with Crippen LogP contribution >= 0.6 is 0 Å². The molecule has 0 radical (unpaired) electrons. The summed E-state index contributed by atoms with van der Waals surface area (Å²) in [6.45, 7) is 2.04. The maximum absolute atomic E-state index is 5.86. The molecule has 0 atom stereocenters. The van der Waals surface area contributed by atoms with Crippen LogP contribution in [0.3, 0.4) is 0 Å². The first-order valence-corrected chi connectivity index (χ1v) is 5.03.